The van der Waals surface area contributed by atoms with E-state index in [4.69, 9.17) is 11.6 Å². The third kappa shape index (κ3) is 4.01. The highest BCUT2D eigenvalue weighted by Crippen LogP contribution is 2.17. The first kappa shape index (κ1) is 16.7. The van der Waals surface area contributed by atoms with Crippen LogP contribution in [-0.4, -0.2) is 53.0 Å². The Bertz CT molecular complexity index is 688. The van der Waals surface area contributed by atoms with Gasteiger partial charge in [0.15, 0.2) is 0 Å². The highest BCUT2D eigenvalue weighted by molar-refractivity contribution is 6.30. The lowest BCUT2D eigenvalue weighted by molar-refractivity contribution is -0.120. The minimum Gasteiger partial charge on any atom is -0.338 e. The number of carbonyl (C=O) groups is 1. The van der Waals surface area contributed by atoms with Crippen molar-refractivity contribution in [2.45, 2.75) is 13.0 Å². The summed E-state index contributed by atoms with van der Waals surface area (Å²) in [5, 5.41) is 3.53. The number of rotatable bonds is 4. The first-order valence-corrected chi connectivity index (χ1v) is 8.34. The van der Waals surface area contributed by atoms with Gasteiger partial charge in [-0.15, -0.1) is 0 Å². The fourth-order valence-corrected chi connectivity index (χ4v) is 2.93. The maximum atomic E-state index is 12.4. The quantitative estimate of drug-likeness (QED) is 0.921. The molecular weight excluding hydrogens is 326 g/mol. The SMILES string of the molecule is C[C@H](C(=O)Nc1cccc(Cl)c1)N1CCN(c2ncccn2)CC1. The Morgan fingerprint density at radius 3 is 2.54 bits per heavy atom. The van der Waals surface area contributed by atoms with Gasteiger partial charge in [0.05, 0.1) is 6.04 Å². The molecule has 1 atom stereocenters. The van der Waals surface area contributed by atoms with Crippen molar-refractivity contribution in [3.63, 3.8) is 0 Å². The molecule has 6 nitrogen and oxygen atoms in total. The van der Waals surface area contributed by atoms with Crippen LogP contribution in [0.4, 0.5) is 11.6 Å². The van der Waals surface area contributed by atoms with Crippen molar-refractivity contribution in [2.24, 2.45) is 0 Å². The van der Waals surface area contributed by atoms with E-state index in [2.05, 4.69) is 25.1 Å². The first-order valence-electron chi connectivity index (χ1n) is 7.96. The number of carbonyl (C=O) groups excluding carboxylic acids is 1. The molecule has 3 rings (SSSR count). The summed E-state index contributed by atoms with van der Waals surface area (Å²) in [4.78, 5) is 25.3. The third-order valence-electron chi connectivity index (χ3n) is 4.17. The van der Waals surface area contributed by atoms with Crippen LogP contribution in [0.3, 0.4) is 0 Å². The van der Waals surface area contributed by atoms with Crippen molar-refractivity contribution in [1.29, 1.82) is 0 Å². The van der Waals surface area contributed by atoms with Gasteiger partial charge in [-0.05, 0) is 31.2 Å². The molecule has 0 aliphatic carbocycles. The van der Waals surface area contributed by atoms with Crippen molar-refractivity contribution in [1.82, 2.24) is 14.9 Å². The van der Waals surface area contributed by atoms with Crippen molar-refractivity contribution in [3.8, 4) is 0 Å². The summed E-state index contributed by atoms with van der Waals surface area (Å²) < 4.78 is 0. The number of nitrogens with one attached hydrogen (secondary N) is 1. The Morgan fingerprint density at radius 1 is 1.17 bits per heavy atom. The molecule has 1 aliphatic rings. The molecule has 0 spiro atoms. The normalized spacial score (nSPS) is 16.7. The summed E-state index contributed by atoms with van der Waals surface area (Å²) >= 11 is 5.95. The van der Waals surface area contributed by atoms with Gasteiger partial charge in [0.25, 0.3) is 0 Å². The van der Waals surface area contributed by atoms with E-state index in [9.17, 15) is 4.79 Å². The average Bonchev–Trinajstić information content (AvgIpc) is 2.62. The van der Waals surface area contributed by atoms with E-state index in [-0.39, 0.29) is 11.9 Å². The number of piperazine rings is 1. The molecule has 7 heteroatoms. The summed E-state index contributed by atoms with van der Waals surface area (Å²) in [5.74, 6) is 0.717. The molecule has 1 aromatic heterocycles. The molecule has 2 heterocycles. The summed E-state index contributed by atoms with van der Waals surface area (Å²) in [5.41, 5.74) is 0.718. The molecule has 0 bridgehead atoms. The van der Waals surface area contributed by atoms with Gasteiger partial charge in [-0.2, -0.15) is 0 Å². The number of aromatic nitrogens is 2. The lowest BCUT2D eigenvalue weighted by atomic mass is 10.2. The number of benzene rings is 1. The first-order chi connectivity index (χ1) is 11.6. The Balaban J connectivity index is 1.55. The van der Waals surface area contributed by atoms with Crippen LogP contribution in [0.25, 0.3) is 0 Å². The number of amides is 1. The van der Waals surface area contributed by atoms with Gasteiger partial charge in [-0.3, -0.25) is 9.69 Å². The molecule has 0 radical (unpaired) electrons. The topological polar surface area (TPSA) is 61.4 Å². The Morgan fingerprint density at radius 2 is 1.88 bits per heavy atom. The van der Waals surface area contributed by atoms with Crippen molar-refractivity contribution < 1.29 is 4.79 Å². The van der Waals surface area contributed by atoms with Gasteiger partial charge < -0.3 is 10.2 Å². The Hall–Kier alpha value is -2.18. The molecular formula is C17H20ClN5O. The molecule has 1 N–H and O–H groups in total. The van der Waals surface area contributed by atoms with Crippen LogP contribution in [0.2, 0.25) is 5.02 Å². The minimum atomic E-state index is -0.206. The molecule has 1 fully saturated rings. The van der Waals surface area contributed by atoms with Gasteiger partial charge in [-0.25, -0.2) is 9.97 Å². The van der Waals surface area contributed by atoms with E-state index in [0.717, 1.165) is 37.8 Å². The molecule has 24 heavy (non-hydrogen) atoms. The lowest BCUT2D eigenvalue weighted by Gasteiger charge is -2.37. The Labute approximate surface area is 146 Å². The number of hydrogen-bond donors (Lipinski definition) is 1. The summed E-state index contributed by atoms with van der Waals surface area (Å²) in [6.45, 7) is 5.12. The number of anilines is 2. The van der Waals surface area contributed by atoms with Gasteiger partial charge in [0.2, 0.25) is 11.9 Å². The van der Waals surface area contributed by atoms with Crippen molar-refractivity contribution in [3.05, 3.63) is 47.7 Å². The highest BCUT2D eigenvalue weighted by Gasteiger charge is 2.26. The number of hydrogen-bond acceptors (Lipinski definition) is 5. The smallest absolute Gasteiger partial charge is 0.241 e. The molecule has 1 aliphatic heterocycles. The van der Waals surface area contributed by atoms with E-state index in [1.54, 1.807) is 24.5 Å². The van der Waals surface area contributed by atoms with Crippen LogP contribution in [0, 0.1) is 0 Å². The van der Waals surface area contributed by atoms with Crippen LogP contribution in [-0.2, 0) is 4.79 Å². The van der Waals surface area contributed by atoms with E-state index in [1.165, 1.54) is 0 Å². The maximum absolute atomic E-state index is 12.4. The largest absolute Gasteiger partial charge is 0.338 e. The third-order valence-corrected chi connectivity index (χ3v) is 4.40. The lowest BCUT2D eigenvalue weighted by Crippen LogP contribution is -2.53. The maximum Gasteiger partial charge on any atom is 0.241 e. The van der Waals surface area contributed by atoms with Crippen LogP contribution < -0.4 is 10.2 Å². The zero-order chi connectivity index (χ0) is 16.9. The fraction of sp³-hybridized carbons (Fsp3) is 0.353. The average molecular weight is 346 g/mol. The molecule has 0 unspecified atom stereocenters. The van der Waals surface area contributed by atoms with Gasteiger partial charge >= 0.3 is 0 Å². The summed E-state index contributed by atoms with van der Waals surface area (Å²) in [6.07, 6.45) is 3.49. The summed E-state index contributed by atoms with van der Waals surface area (Å²) in [7, 11) is 0. The van der Waals surface area contributed by atoms with Gasteiger partial charge in [-0.1, -0.05) is 17.7 Å². The van der Waals surface area contributed by atoms with Crippen LogP contribution in [0.5, 0.6) is 0 Å². The van der Waals surface area contributed by atoms with E-state index >= 15 is 0 Å². The molecule has 1 saturated heterocycles. The monoisotopic (exact) mass is 345 g/mol. The van der Waals surface area contributed by atoms with Gasteiger partial charge in [0.1, 0.15) is 0 Å². The van der Waals surface area contributed by atoms with E-state index < -0.39 is 0 Å². The zero-order valence-electron chi connectivity index (χ0n) is 13.5. The fourth-order valence-electron chi connectivity index (χ4n) is 2.74. The van der Waals surface area contributed by atoms with E-state index in [1.807, 2.05) is 25.1 Å². The van der Waals surface area contributed by atoms with E-state index in [0.29, 0.717) is 5.02 Å². The molecule has 0 saturated carbocycles. The molecule has 1 amide bonds. The second-order valence-corrected chi connectivity index (χ2v) is 6.18. The second-order valence-electron chi connectivity index (χ2n) is 5.75. The zero-order valence-corrected chi connectivity index (χ0v) is 14.3. The predicted octanol–water partition coefficient (Wildman–Crippen LogP) is 2.28. The standard InChI is InChI=1S/C17H20ClN5O/c1-13(16(24)21-15-5-2-4-14(18)12-15)22-8-10-23(11-9-22)17-19-6-3-7-20-17/h2-7,12-13H,8-11H2,1H3,(H,21,24)/t13-/m1/s1. The molecule has 1 aromatic carbocycles. The minimum absolute atomic E-state index is 0.0262. The Kier molecular flexibility index (Phi) is 5.27. The second kappa shape index (κ2) is 7.59. The van der Waals surface area contributed by atoms with Crippen LogP contribution >= 0.6 is 11.6 Å². The van der Waals surface area contributed by atoms with Crippen LogP contribution in [0.15, 0.2) is 42.7 Å². The summed E-state index contributed by atoms with van der Waals surface area (Å²) in [6, 6.07) is 8.79. The van der Waals surface area contributed by atoms with Crippen LogP contribution in [0.1, 0.15) is 6.92 Å². The predicted molar refractivity (Wildman–Crippen MR) is 95.4 cm³/mol. The van der Waals surface area contributed by atoms with Crippen molar-refractivity contribution >= 4 is 29.1 Å². The highest BCUT2D eigenvalue weighted by atomic mass is 35.5. The van der Waals surface area contributed by atoms with Crippen molar-refractivity contribution in [2.75, 3.05) is 36.4 Å². The number of halogens is 1. The van der Waals surface area contributed by atoms with Gasteiger partial charge in [0, 0.05) is 49.3 Å². The number of nitrogens with zero attached hydrogens (tertiary/aromatic N) is 4. The molecule has 126 valence electrons. The molecule has 2 aromatic rings.